The SMILES string of the molecule is Cc1c(NC(=O)CC2(O)CCCC2)cccc1C(=O)N1CCCC1. The molecule has 1 saturated heterocycles. The van der Waals surface area contributed by atoms with Crippen molar-refractivity contribution in [1.82, 2.24) is 4.90 Å². The highest BCUT2D eigenvalue weighted by Crippen LogP contribution is 2.32. The lowest BCUT2D eigenvalue weighted by Crippen LogP contribution is -2.31. The van der Waals surface area contributed by atoms with Crippen LogP contribution in [-0.2, 0) is 4.79 Å². The van der Waals surface area contributed by atoms with Crippen LogP contribution in [0.4, 0.5) is 5.69 Å². The summed E-state index contributed by atoms with van der Waals surface area (Å²) < 4.78 is 0. The zero-order chi connectivity index (χ0) is 17.2. The molecule has 2 N–H and O–H groups in total. The standard InChI is InChI=1S/C19H26N2O3/c1-14-15(18(23)21-11-4-5-12-21)7-6-8-16(14)20-17(22)13-19(24)9-2-3-10-19/h6-8,24H,2-5,9-13H2,1H3,(H,20,22). The fraction of sp³-hybridized carbons (Fsp3) is 0.579. The van der Waals surface area contributed by atoms with Crippen molar-refractivity contribution in [3.8, 4) is 0 Å². The molecular weight excluding hydrogens is 304 g/mol. The largest absolute Gasteiger partial charge is 0.389 e. The monoisotopic (exact) mass is 330 g/mol. The van der Waals surface area contributed by atoms with Gasteiger partial charge in [0.05, 0.1) is 12.0 Å². The summed E-state index contributed by atoms with van der Waals surface area (Å²) in [5, 5.41) is 13.3. The number of anilines is 1. The van der Waals surface area contributed by atoms with E-state index in [1.54, 1.807) is 6.07 Å². The molecule has 0 radical (unpaired) electrons. The zero-order valence-electron chi connectivity index (χ0n) is 14.3. The van der Waals surface area contributed by atoms with Crippen LogP contribution in [-0.4, -0.2) is 40.5 Å². The summed E-state index contributed by atoms with van der Waals surface area (Å²) in [6, 6.07) is 5.43. The molecule has 130 valence electrons. The lowest BCUT2D eigenvalue weighted by Gasteiger charge is -2.22. The second-order valence-electron chi connectivity index (χ2n) is 7.13. The summed E-state index contributed by atoms with van der Waals surface area (Å²) >= 11 is 0. The van der Waals surface area contributed by atoms with Gasteiger partial charge in [0.25, 0.3) is 5.91 Å². The Morgan fingerprint density at radius 1 is 1.17 bits per heavy atom. The summed E-state index contributed by atoms with van der Waals surface area (Å²) in [5.41, 5.74) is 1.24. The first-order chi connectivity index (χ1) is 11.5. The molecule has 2 amide bonds. The maximum Gasteiger partial charge on any atom is 0.254 e. The minimum Gasteiger partial charge on any atom is -0.389 e. The molecule has 0 bridgehead atoms. The van der Waals surface area contributed by atoms with Gasteiger partial charge in [-0.3, -0.25) is 9.59 Å². The molecular formula is C19H26N2O3. The molecule has 1 saturated carbocycles. The molecule has 1 aliphatic heterocycles. The number of hydrogen-bond donors (Lipinski definition) is 2. The van der Waals surface area contributed by atoms with Gasteiger partial charge in [0.1, 0.15) is 0 Å². The summed E-state index contributed by atoms with van der Waals surface area (Å²) in [4.78, 5) is 26.8. The number of benzene rings is 1. The third-order valence-corrected chi connectivity index (χ3v) is 5.26. The molecule has 1 aliphatic carbocycles. The minimum absolute atomic E-state index is 0.0375. The van der Waals surface area contributed by atoms with E-state index in [1.807, 2.05) is 24.0 Å². The van der Waals surface area contributed by atoms with Crippen LogP contribution in [0.15, 0.2) is 18.2 Å². The first kappa shape index (κ1) is 17.0. The van der Waals surface area contributed by atoms with E-state index in [2.05, 4.69) is 5.32 Å². The summed E-state index contributed by atoms with van der Waals surface area (Å²) in [5.74, 6) is -0.149. The number of carbonyl (C=O) groups is 2. The Labute approximate surface area is 143 Å². The smallest absolute Gasteiger partial charge is 0.254 e. The number of amides is 2. The molecule has 0 spiro atoms. The Morgan fingerprint density at radius 2 is 1.83 bits per heavy atom. The van der Waals surface area contributed by atoms with Gasteiger partial charge < -0.3 is 15.3 Å². The first-order valence-corrected chi connectivity index (χ1v) is 8.90. The zero-order valence-corrected chi connectivity index (χ0v) is 14.3. The van der Waals surface area contributed by atoms with Gasteiger partial charge in [-0.15, -0.1) is 0 Å². The van der Waals surface area contributed by atoms with Gasteiger partial charge in [0, 0.05) is 24.3 Å². The average molecular weight is 330 g/mol. The molecule has 1 aromatic carbocycles. The van der Waals surface area contributed by atoms with Crippen molar-refractivity contribution in [2.45, 2.75) is 57.5 Å². The van der Waals surface area contributed by atoms with Gasteiger partial charge in [0.15, 0.2) is 0 Å². The summed E-state index contributed by atoms with van der Waals surface area (Å²) in [7, 11) is 0. The van der Waals surface area contributed by atoms with E-state index < -0.39 is 5.60 Å². The number of aliphatic hydroxyl groups is 1. The lowest BCUT2D eigenvalue weighted by molar-refractivity contribution is -0.120. The quantitative estimate of drug-likeness (QED) is 0.892. The highest BCUT2D eigenvalue weighted by Gasteiger charge is 2.33. The van der Waals surface area contributed by atoms with Crippen LogP contribution in [0, 0.1) is 6.92 Å². The molecule has 5 heteroatoms. The van der Waals surface area contributed by atoms with Crippen LogP contribution in [0.5, 0.6) is 0 Å². The number of likely N-dealkylation sites (tertiary alicyclic amines) is 1. The highest BCUT2D eigenvalue weighted by atomic mass is 16.3. The first-order valence-electron chi connectivity index (χ1n) is 8.90. The second-order valence-corrected chi connectivity index (χ2v) is 7.13. The van der Waals surface area contributed by atoms with E-state index in [1.165, 1.54) is 0 Å². The van der Waals surface area contributed by atoms with Crippen molar-refractivity contribution >= 4 is 17.5 Å². The van der Waals surface area contributed by atoms with E-state index in [-0.39, 0.29) is 18.2 Å². The third-order valence-electron chi connectivity index (χ3n) is 5.26. The number of hydrogen-bond acceptors (Lipinski definition) is 3. The van der Waals surface area contributed by atoms with Crippen LogP contribution in [0.2, 0.25) is 0 Å². The van der Waals surface area contributed by atoms with E-state index in [9.17, 15) is 14.7 Å². The molecule has 2 aliphatic rings. The molecule has 1 heterocycles. The normalized spacial score (nSPS) is 19.5. The topological polar surface area (TPSA) is 69.6 Å². The van der Waals surface area contributed by atoms with Crippen LogP contribution < -0.4 is 5.32 Å². The van der Waals surface area contributed by atoms with Gasteiger partial charge in [0.2, 0.25) is 5.91 Å². The molecule has 1 aromatic rings. The fourth-order valence-corrected chi connectivity index (χ4v) is 3.80. The van der Waals surface area contributed by atoms with Gasteiger partial charge in [-0.1, -0.05) is 18.9 Å². The van der Waals surface area contributed by atoms with Gasteiger partial charge in [-0.05, 0) is 50.3 Å². The van der Waals surface area contributed by atoms with E-state index >= 15 is 0 Å². The summed E-state index contributed by atoms with van der Waals surface area (Å²) in [6.45, 7) is 3.48. The van der Waals surface area contributed by atoms with Gasteiger partial charge >= 0.3 is 0 Å². The van der Waals surface area contributed by atoms with Gasteiger partial charge in [-0.25, -0.2) is 0 Å². The molecule has 0 atom stereocenters. The Kier molecular flexibility index (Phi) is 4.90. The Hall–Kier alpha value is -1.88. The maximum absolute atomic E-state index is 12.6. The Bertz CT molecular complexity index is 629. The molecule has 3 rings (SSSR count). The Balaban J connectivity index is 1.70. The highest BCUT2D eigenvalue weighted by molar-refractivity contribution is 5.99. The molecule has 5 nitrogen and oxygen atoms in total. The third kappa shape index (κ3) is 3.61. The maximum atomic E-state index is 12.6. The Morgan fingerprint density at radius 3 is 2.50 bits per heavy atom. The number of nitrogens with zero attached hydrogens (tertiary/aromatic N) is 1. The number of rotatable bonds is 4. The predicted octanol–water partition coefficient (Wildman–Crippen LogP) is 2.86. The predicted molar refractivity (Wildman–Crippen MR) is 93.0 cm³/mol. The van der Waals surface area contributed by atoms with Crippen molar-refractivity contribution in [3.05, 3.63) is 29.3 Å². The second kappa shape index (κ2) is 6.93. The summed E-state index contributed by atoms with van der Waals surface area (Å²) in [6.07, 6.45) is 5.56. The van der Waals surface area contributed by atoms with Crippen molar-refractivity contribution < 1.29 is 14.7 Å². The fourth-order valence-electron chi connectivity index (χ4n) is 3.80. The molecule has 0 aromatic heterocycles. The van der Waals surface area contributed by atoms with E-state index in [0.717, 1.165) is 44.3 Å². The molecule has 24 heavy (non-hydrogen) atoms. The lowest BCUT2D eigenvalue weighted by atomic mass is 9.97. The molecule has 2 fully saturated rings. The van der Waals surface area contributed by atoms with Crippen molar-refractivity contribution in [2.75, 3.05) is 18.4 Å². The van der Waals surface area contributed by atoms with Crippen molar-refractivity contribution in [1.29, 1.82) is 0 Å². The minimum atomic E-state index is -0.860. The molecule has 0 unspecified atom stereocenters. The van der Waals surface area contributed by atoms with E-state index in [4.69, 9.17) is 0 Å². The van der Waals surface area contributed by atoms with Crippen LogP contribution in [0.25, 0.3) is 0 Å². The van der Waals surface area contributed by atoms with Crippen LogP contribution in [0.1, 0.15) is 60.9 Å². The van der Waals surface area contributed by atoms with Gasteiger partial charge in [-0.2, -0.15) is 0 Å². The van der Waals surface area contributed by atoms with Crippen molar-refractivity contribution in [3.63, 3.8) is 0 Å². The van der Waals surface area contributed by atoms with Crippen LogP contribution >= 0.6 is 0 Å². The number of carbonyl (C=O) groups excluding carboxylic acids is 2. The number of nitrogens with one attached hydrogen (secondary N) is 1. The average Bonchev–Trinajstić information content (AvgIpc) is 3.20. The van der Waals surface area contributed by atoms with Crippen molar-refractivity contribution in [2.24, 2.45) is 0 Å². The van der Waals surface area contributed by atoms with Crippen LogP contribution in [0.3, 0.4) is 0 Å². The van der Waals surface area contributed by atoms with E-state index in [0.29, 0.717) is 24.1 Å².